The van der Waals surface area contributed by atoms with Gasteiger partial charge >= 0.3 is 6.18 Å². The van der Waals surface area contributed by atoms with Crippen LogP contribution in [0, 0.1) is 11.3 Å². The normalized spacial score (nSPS) is 11.8. The van der Waals surface area contributed by atoms with Gasteiger partial charge in [-0.15, -0.1) is 0 Å². The van der Waals surface area contributed by atoms with Gasteiger partial charge in [-0.05, 0) is 31.5 Å². The van der Waals surface area contributed by atoms with Crippen molar-refractivity contribution < 1.29 is 22.7 Å². The van der Waals surface area contributed by atoms with E-state index in [4.69, 9.17) is 21.6 Å². The maximum absolute atomic E-state index is 12.8. The summed E-state index contributed by atoms with van der Waals surface area (Å²) >= 11 is 5.51. The summed E-state index contributed by atoms with van der Waals surface area (Å²) in [5.74, 6) is -0.824. The molecule has 0 atom stereocenters. The van der Waals surface area contributed by atoms with Gasteiger partial charge in [0.2, 0.25) is 0 Å². The molecule has 136 valence electrons. The molecular weight excluding hydrogens is 359 g/mol. The van der Waals surface area contributed by atoms with Crippen LogP contribution in [-0.4, -0.2) is 25.7 Å². The fourth-order valence-electron chi connectivity index (χ4n) is 1.76. The Morgan fingerprint density at radius 1 is 1.44 bits per heavy atom. The molecule has 0 radical (unpaired) electrons. The zero-order chi connectivity index (χ0) is 18.9. The lowest BCUT2D eigenvalue weighted by Crippen LogP contribution is -2.18. The highest BCUT2D eigenvalue weighted by molar-refractivity contribution is 6.31. The summed E-state index contributed by atoms with van der Waals surface area (Å²) < 4.78 is 43.5. The first-order valence-corrected chi connectivity index (χ1v) is 7.77. The van der Waals surface area contributed by atoms with E-state index in [1.54, 1.807) is 6.07 Å². The Labute approximate surface area is 148 Å². The zero-order valence-corrected chi connectivity index (χ0v) is 14.2. The predicted molar refractivity (Wildman–Crippen MR) is 87.9 cm³/mol. The molecule has 0 unspecified atom stereocenters. The van der Waals surface area contributed by atoms with Crippen LogP contribution >= 0.6 is 11.6 Å². The molecular formula is C16H17ClF3N3O2. The van der Waals surface area contributed by atoms with Crippen LogP contribution in [0.1, 0.15) is 18.9 Å². The van der Waals surface area contributed by atoms with E-state index >= 15 is 0 Å². The Hall–Kier alpha value is -2.24. The first kappa shape index (κ1) is 20.8. The summed E-state index contributed by atoms with van der Waals surface area (Å²) in [4.78, 5) is 12.0. The van der Waals surface area contributed by atoms with Gasteiger partial charge < -0.3 is 15.4 Å². The average molecular weight is 376 g/mol. The van der Waals surface area contributed by atoms with Gasteiger partial charge in [0.15, 0.2) is 0 Å². The molecule has 0 spiro atoms. The molecule has 0 heterocycles. The number of nitriles is 1. The van der Waals surface area contributed by atoms with Crippen molar-refractivity contribution in [2.45, 2.75) is 19.5 Å². The molecule has 0 aliphatic carbocycles. The molecule has 0 saturated carbocycles. The molecule has 1 amide bonds. The van der Waals surface area contributed by atoms with E-state index in [0.717, 1.165) is 6.07 Å². The monoisotopic (exact) mass is 375 g/mol. The second-order valence-corrected chi connectivity index (χ2v) is 5.23. The number of carbonyl (C=O) groups excluding carboxylic acids is 1. The van der Waals surface area contributed by atoms with E-state index in [-0.39, 0.29) is 11.3 Å². The molecule has 1 rings (SSSR count). The van der Waals surface area contributed by atoms with Crippen molar-refractivity contribution in [2.24, 2.45) is 0 Å². The predicted octanol–water partition coefficient (Wildman–Crippen LogP) is 3.72. The number of hydrogen-bond donors (Lipinski definition) is 2. The standard InChI is InChI=1S/C16H17ClF3N3O2/c1-2-25-7-3-6-22-10-11(9-21)15(24)23-12-4-5-14(17)13(8-12)16(18,19)20/h4-5,8,10,22H,2-3,6-7H2,1H3,(H,23,24)/b11-10-. The van der Waals surface area contributed by atoms with Crippen LogP contribution in [0.5, 0.6) is 0 Å². The van der Waals surface area contributed by atoms with Crippen LogP contribution in [-0.2, 0) is 15.7 Å². The fraction of sp³-hybridized carbons (Fsp3) is 0.375. The van der Waals surface area contributed by atoms with Gasteiger partial charge in [0.1, 0.15) is 11.6 Å². The lowest BCUT2D eigenvalue weighted by molar-refractivity contribution is -0.137. The van der Waals surface area contributed by atoms with Crippen LogP contribution in [0.25, 0.3) is 0 Å². The summed E-state index contributed by atoms with van der Waals surface area (Å²) in [7, 11) is 0. The number of halogens is 4. The van der Waals surface area contributed by atoms with E-state index < -0.39 is 22.7 Å². The van der Waals surface area contributed by atoms with Crippen LogP contribution in [0.15, 0.2) is 30.0 Å². The summed E-state index contributed by atoms with van der Waals surface area (Å²) in [6.07, 6.45) is -2.76. The van der Waals surface area contributed by atoms with Crippen LogP contribution in [0.2, 0.25) is 5.02 Å². The highest BCUT2D eigenvalue weighted by atomic mass is 35.5. The Kier molecular flexibility index (Phi) is 8.25. The van der Waals surface area contributed by atoms with E-state index in [2.05, 4.69) is 10.6 Å². The summed E-state index contributed by atoms with van der Waals surface area (Å²) in [6.45, 7) is 3.49. The molecule has 0 aromatic heterocycles. The molecule has 1 aromatic rings. The minimum Gasteiger partial charge on any atom is -0.390 e. The first-order valence-electron chi connectivity index (χ1n) is 7.39. The van der Waals surface area contributed by atoms with Crippen molar-refractivity contribution >= 4 is 23.2 Å². The molecule has 0 saturated heterocycles. The summed E-state index contributed by atoms with van der Waals surface area (Å²) in [5.41, 5.74) is -1.44. The number of hydrogen-bond acceptors (Lipinski definition) is 4. The third-order valence-corrected chi connectivity index (χ3v) is 3.28. The SMILES string of the molecule is CCOCCCN/C=C(/C#N)C(=O)Nc1ccc(Cl)c(C(F)(F)F)c1. The summed E-state index contributed by atoms with van der Waals surface area (Å²) in [5, 5.41) is 13.5. The number of rotatable bonds is 8. The van der Waals surface area contributed by atoms with Crippen molar-refractivity contribution in [1.82, 2.24) is 5.32 Å². The van der Waals surface area contributed by atoms with Gasteiger partial charge in [0.25, 0.3) is 5.91 Å². The molecule has 25 heavy (non-hydrogen) atoms. The smallest absolute Gasteiger partial charge is 0.390 e. The van der Waals surface area contributed by atoms with E-state index in [9.17, 15) is 18.0 Å². The van der Waals surface area contributed by atoms with Crippen molar-refractivity contribution in [3.63, 3.8) is 0 Å². The topological polar surface area (TPSA) is 74.1 Å². The maximum Gasteiger partial charge on any atom is 0.417 e. The zero-order valence-electron chi connectivity index (χ0n) is 13.4. The Morgan fingerprint density at radius 2 is 2.16 bits per heavy atom. The number of nitrogens with zero attached hydrogens (tertiary/aromatic N) is 1. The van der Waals surface area contributed by atoms with Gasteiger partial charge in [-0.3, -0.25) is 4.79 Å². The number of amides is 1. The highest BCUT2D eigenvalue weighted by Crippen LogP contribution is 2.36. The van der Waals surface area contributed by atoms with E-state index in [1.165, 1.54) is 12.3 Å². The van der Waals surface area contributed by atoms with Crippen molar-refractivity contribution in [3.8, 4) is 6.07 Å². The number of ether oxygens (including phenoxy) is 1. The first-order chi connectivity index (χ1) is 11.8. The molecule has 0 bridgehead atoms. The van der Waals surface area contributed by atoms with Crippen LogP contribution in [0.3, 0.4) is 0 Å². The molecule has 0 aliphatic rings. The van der Waals surface area contributed by atoms with Crippen LogP contribution < -0.4 is 10.6 Å². The van der Waals surface area contributed by atoms with Crippen molar-refractivity contribution in [1.29, 1.82) is 5.26 Å². The molecule has 0 aliphatic heterocycles. The number of carbonyl (C=O) groups is 1. The van der Waals surface area contributed by atoms with Gasteiger partial charge in [0.05, 0.1) is 10.6 Å². The van der Waals surface area contributed by atoms with Crippen molar-refractivity contribution in [3.05, 3.63) is 40.6 Å². The average Bonchev–Trinajstić information content (AvgIpc) is 2.55. The minimum absolute atomic E-state index is 0.112. The third-order valence-electron chi connectivity index (χ3n) is 2.96. The molecule has 1 aromatic carbocycles. The quantitative estimate of drug-likeness (QED) is 0.412. The Bertz CT molecular complexity index is 670. The number of anilines is 1. The van der Waals surface area contributed by atoms with Gasteiger partial charge in [0, 0.05) is 31.6 Å². The lowest BCUT2D eigenvalue weighted by Gasteiger charge is -2.11. The maximum atomic E-state index is 12.8. The minimum atomic E-state index is -4.65. The Morgan fingerprint density at radius 3 is 2.76 bits per heavy atom. The lowest BCUT2D eigenvalue weighted by atomic mass is 10.2. The van der Waals surface area contributed by atoms with Gasteiger partial charge in [-0.1, -0.05) is 11.6 Å². The summed E-state index contributed by atoms with van der Waals surface area (Å²) in [6, 6.07) is 4.65. The number of nitrogens with one attached hydrogen (secondary N) is 2. The van der Waals surface area contributed by atoms with Gasteiger partial charge in [-0.25, -0.2) is 0 Å². The number of alkyl halides is 3. The van der Waals surface area contributed by atoms with Gasteiger partial charge in [-0.2, -0.15) is 18.4 Å². The Balaban J connectivity index is 2.72. The third kappa shape index (κ3) is 7.03. The van der Waals surface area contributed by atoms with Crippen molar-refractivity contribution in [2.75, 3.05) is 25.1 Å². The molecule has 9 heteroatoms. The fourth-order valence-corrected chi connectivity index (χ4v) is 1.99. The van der Waals surface area contributed by atoms with Crippen LogP contribution in [0.4, 0.5) is 18.9 Å². The number of benzene rings is 1. The molecule has 5 nitrogen and oxygen atoms in total. The largest absolute Gasteiger partial charge is 0.417 e. The second kappa shape index (κ2) is 9.91. The van der Waals surface area contributed by atoms with E-state index in [1.807, 2.05) is 6.92 Å². The molecule has 2 N–H and O–H groups in total. The molecule has 0 fully saturated rings. The van der Waals surface area contributed by atoms with E-state index in [0.29, 0.717) is 32.2 Å². The highest BCUT2D eigenvalue weighted by Gasteiger charge is 2.33. The second-order valence-electron chi connectivity index (χ2n) is 4.82.